The summed E-state index contributed by atoms with van der Waals surface area (Å²) in [5, 5.41) is 7.04. The fourth-order valence-corrected chi connectivity index (χ4v) is 3.39. The molecular formula is C20H23ClN4O4. The number of Topliss-reactive ketones (excluding diaryl/α,β-unsaturated/α-hetero) is 1. The van der Waals surface area contributed by atoms with E-state index < -0.39 is 0 Å². The lowest BCUT2D eigenvalue weighted by molar-refractivity contribution is -0.135. The fraction of sp³-hybridized carbons (Fsp3) is 0.450. The average Bonchev–Trinajstić information content (AvgIpc) is 3.15. The van der Waals surface area contributed by atoms with Crippen LogP contribution in [-0.4, -0.2) is 45.7 Å². The van der Waals surface area contributed by atoms with Gasteiger partial charge in [0, 0.05) is 42.4 Å². The Morgan fingerprint density at radius 1 is 1.17 bits per heavy atom. The molecule has 2 heterocycles. The van der Waals surface area contributed by atoms with Gasteiger partial charge in [0.25, 0.3) is 0 Å². The lowest BCUT2D eigenvalue weighted by atomic mass is 9.95. The molecule has 154 valence electrons. The van der Waals surface area contributed by atoms with E-state index in [4.69, 9.17) is 16.1 Å². The fourth-order valence-electron chi connectivity index (χ4n) is 3.27. The van der Waals surface area contributed by atoms with Crippen molar-refractivity contribution in [3.05, 3.63) is 46.6 Å². The Hall–Kier alpha value is -2.74. The van der Waals surface area contributed by atoms with E-state index in [2.05, 4.69) is 15.5 Å². The van der Waals surface area contributed by atoms with Crippen LogP contribution in [0.15, 0.2) is 28.8 Å². The molecule has 0 saturated carbocycles. The molecule has 8 nitrogen and oxygen atoms in total. The van der Waals surface area contributed by atoms with Crippen molar-refractivity contribution in [1.29, 1.82) is 0 Å². The average molecular weight is 419 g/mol. The summed E-state index contributed by atoms with van der Waals surface area (Å²) in [6, 6.07) is 6.64. The van der Waals surface area contributed by atoms with Crippen molar-refractivity contribution in [2.45, 2.75) is 39.2 Å². The summed E-state index contributed by atoms with van der Waals surface area (Å²) in [7, 11) is 0. The number of piperidine rings is 1. The Kier molecular flexibility index (Phi) is 6.98. The van der Waals surface area contributed by atoms with Crippen LogP contribution in [0.4, 0.5) is 0 Å². The minimum absolute atomic E-state index is 0.0625. The van der Waals surface area contributed by atoms with Gasteiger partial charge >= 0.3 is 0 Å². The SMILES string of the molecule is Cc1noc(CNC(=O)C2CCN(C(=O)CCC(=O)c3ccc(Cl)cc3)CC2)n1. The summed E-state index contributed by atoms with van der Waals surface area (Å²) in [5.74, 6) is 0.516. The van der Waals surface area contributed by atoms with Crippen LogP contribution in [0.3, 0.4) is 0 Å². The molecule has 1 saturated heterocycles. The predicted molar refractivity (Wildman–Crippen MR) is 105 cm³/mol. The van der Waals surface area contributed by atoms with Gasteiger partial charge in [-0.3, -0.25) is 14.4 Å². The molecule has 0 radical (unpaired) electrons. The van der Waals surface area contributed by atoms with E-state index in [1.165, 1.54) is 0 Å². The van der Waals surface area contributed by atoms with Gasteiger partial charge in [-0.15, -0.1) is 0 Å². The highest BCUT2D eigenvalue weighted by Gasteiger charge is 2.27. The molecule has 0 aliphatic carbocycles. The van der Waals surface area contributed by atoms with E-state index in [1.54, 1.807) is 36.1 Å². The zero-order chi connectivity index (χ0) is 20.8. The summed E-state index contributed by atoms with van der Waals surface area (Å²) in [4.78, 5) is 42.7. The van der Waals surface area contributed by atoms with Gasteiger partial charge in [0.1, 0.15) is 0 Å². The van der Waals surface area contributed by atoms with E-state index in [1.807, 2.05) is 0 Å². The van der Waals surface area contributed by atoms with Crippen LogP contribution in [0.5, 0.6) is 0 Å². The van der Waals surface area contributed by atoms with Gasteiger partial charge in [-0.1, -0.05) is 16.8 Å². The van der Waals surface area contributed by atoms with E-state index in [0.717, 1.165) is 0 Å². The van der Waals surface area contributed by atoms with E-state index in [9.17, 15) is 14.4 Å². The summed E-state index contributed by atoms with van der Waals surface area (Å²) in [6.45, 7) is 2.92. The largest absolute Gasteiger partial charge is 0.347 e. The monoisotopic (exact) mass is 418 g/mol. The lowest BCUT2D eigenvalue weighted by Gasteiger charge is -2.31. The highest BCUT2D eigenvalue weighted by Crippen LogP contribution is 2.19. The number of ketones is 1. The summed E-state index contributed by atoms with van der Waals surface area (Å²) in [6.07, 6.45) is 1.50. The maximum Gasteiger partial charge on any atom is 0.246 e. The van der Waals surface area contributed by atoms with E-state index in [-0.39, 0.29) is 42.9 Å². The molecule has 1 aromatic carbocycles. The Labute approximate surface area is 173 Å². The number of amides is 2. The first-order chi connectivity index (χ1) is 13.9. The van der Waals surface area contributed by atoms with Crippen LogP contribution in [0, 0.1) is 12.8 Å². The van der Waals surface area contributed by atoms with Crippen molar-refractivity contribution in [3.8, 4) is 0 Å². The van der Waals surface area contributed by atoms with Crippen LogP contribution >= 0.6 is 11.6 Å². The smallest absolute Gasteiger partial charge is 0.246 e. The van der Waals surface area contributed by atoms with Crippen molar-refractivity contribution < 1.29 is 18.9 Å². The number of carbonyl (C=O) groups is 3. The van der Waals surface area contributed by atoms with Crippen LogP contribution < -0.4 is 5.32 Å². The van der Waals surface area contributed by atoms with Gasteiger partial charge in [-0.25, -0.2) is 0 Å². The standard InChI is InChI=1S/C20H23ClN4O4/c1-13-23-18(29-24-13)12-22-20(28)15-8-10-25(11-9-15)19(27)7-6-17(26)14-2-4-16(21)5-3-14/h2-5,15H,6-12H2,1H3,(H,22,28). The highest BCUT2D eigenvalue weighted by atomic mass is 35.5. The summed E-state index contributed by atoms with van der Waals surface area (Å²) >= 11 is 5.82. The van der Waals surface area contributed by atoms with Crippen molar-refractivity contribution in [2.75, 3.05) is 13.1 Å². The Bertz CT molecular complexity index is 873. The third-order valence-electron chi connectivity index (χ3n) is 4.93. The third-order valence-corrected chi connectivity index (χ3v) is 5.19. The molecule has 0 spiro atoms. The van der Waals surface area contributed by atoms with Gasteiger partial charge in [0.15, 0.2) is 11.6 Å². The Morgan fingerprint density at radius 3 is 2.48 bits per heavy atom. The number of hydrogen-bond acceptors (Lipinski definition) is 6. The van der Waals surface area contributed by atoms with Gasteiger partial charge < -0.3 is 14.7 Å². The lowest BCUT2D eigenvalue weighted by Crippen LogP contribution is -2.43. The molecular weight excluding hydrogens is 396 g/mol. The summed E-state index contributed by atoms with van der Waals surface area (Å²) in [5.41, 5.74) is 0.550. The predicted octanol–water partition coefficient (Wildman–Crippen LogP) is 2.55. The number of nitrogens with zero attached hydrogens (tertiary/aromatic N) is 3. The number of rotatable bonds is 7. The molecule has 1 aliphatic rings. The molecule has 2 aromatic rings. The number of aryl methyl sites for hydroxylation is 1. The van der Waals surface area contributed by atoms with E-state index in [0.29, 0.717) is 48.2 Å². The molecule has 0 bridgehead atoms. The first-order valence-corrected chi connectivity index (χ1v) is 9.93. The molecule has 0 atom stereocenters. The number of carbonyl (C=O) groups excluding carboxylic acids is 3. The number of hydrogen-bond donors (Lipinski definition) is 1. The number of likely N-dealkylation sites (tertiary alicyclic amines) is 1. The van der Waals surface area contributed by atoms with Gasteiger partial charge in [-0.05, 0) is 44.0 Å². The quantitative estimate of drug-likeness (QED) is 0.692. The molecule has 2 amide bonds. The second-order valence-electron chi connectivity index (χ2n) is 7.04. The third kappa shape index (κ3) is 5.87. The molecule has 3 rings (SSSR count). The Balaban J connectivity index is 1.39. The van der Waals surface area contributed by atoms with Crippen LogP contribution in [-0.2, 0) is 16.1 Å². The van der Waals surface area contributed by atoms with Gasteiger partial charge in [-0.2, -0.15) is 4.98 Å². The zero-order valence-electron chi connectivity index (χ0n) is 16.2. The van der Waals surface area contributed by atoms with Crippen molar-refractivity contribution in [2.24, 2.45) is 5.92 Å². The van der Waals surface area contributed by atoms with Crippen molar-refractivity contribution in [1.82, 2.24) is 20.4 Å². The molecule has 1 aromatic heterocycles. The highest BCUT2D eigenvalue weighted by molar-refractivity contribution is 6.30. The van der Waals surface area contributed by atoms with E-state index >= 15 is 0 Å². The minimum Gasteiger partial charge on any atom is -0.347 e. The second-order valence-corrected chi connectivity index (χ2v) is 7.47. The molecule has 29 heavy (non-hydrogen) atoms. The minimum atomic E-state index is -0.154. The van der Waals surface area contributed by atoms with Crippen LogP contribution in [0.1, 0.15) is 47.8 Å². The first kappa shape index (κ1) is 21.0. The number of nitrogens with one attached hydrogen (secondary N) is 1. The molecule has 1 N–H and O–H groups in total. The van der Waals surface area contributed by atoms with Gasteiger partial charge in [0.05, 0.1) is 6.54 Å². The van der Waals surface area contributed by atoms with Crippen molar-refractivity contribution >= 4 is 29.2 Å². The maximum absolute atomic E-state index is 12.4. The first-order valence-electron chi connectivity index (χ1n) is 9.56. The molecule has 1 fully saturated rings. The topological polar surface area (TPSA) is 105 Å². The summed E-state index contributed by atoms with van der Waals surface area (Å²) < 4.78 is 4.97. The van der Waals surface area contributed by atoms with Crippen molar-refractivity contribution in [3.63, 3.8) is 0 Å². The van der Waals surface area contributed by atoms with Crippen LogP contribution in [0.25, 0.3) is 0 Å². The Morgan fingerprint density at radius 2 is 1.86 bits per heavy atom. The maximum atomic E-state index is 12.4. The molecule has 1 aliphatic heterocycles. The number of benzene rings is 1. The molecule has 0 unspecified atom stereocenters. The number of halogens is 1. The van der Waals surface area contributed by atoms with Crippen LogP contribution in [0.2, 0.25) is 5.02 Å². The molecule has 9 heteroatoms. The normalized spacial score (nSPS) is 14.6. The number of aromatic nitrogens is 2. The zero-order valence-corrected chi connectivity index (χ0v) is 16.9. The second kappa shape index (κ2) is 9.65. The van der Waals surface area contributed by atoms with Gasteiger partial charge in [0.2, 0.25) is 17.7 Å².